The average molecular weight is 135 g/mol. The van der Waals surface area contributed by atoms with Gasteiger partial charge in [0.15, 0.2) is 0 Å². The molecule has 55 valence electrons. The Kier molecular flexibility index (Phi) is 4.64. The van der Waals surface area contributed by atoms with E-state index < -0.39 is 12.3 Å². The van der Waals surface area contributed by atoms with Gasteiger partial charge in [0.2, 0.25) is 0 Å². The van der Waals surface area contributed by atoms with Gasteiger partial charge in [0, 0.05) is 0 Å². The molecule has 0 fully saturated rings. The van der Waals surface area contributed by atoms with Crippen LogP contribution < -0.4 is 0 Å². The topological polar surface area (TPSA) is 0 Å². The summed E-state index contributed by atoms with van der Waals surface area (Å²) in [6.07, 6.45) is -1.60. The predicted octanol–water partition coefficient (Wildman–Crippen LogP) is 2.69. The summed E-state index contributed by atoms with van der Waals surface area (Å²) >= 11 is 0. The van der Waals surface area contributed by atoms with Gasteiger partial charge in [-0.25, -0.2) is 8.78 Å². The Bertz CT molecular complexity index is 63.9. The van der Waals surface area contributed by atoms with Crippen LogP contribution in [0, 0.1) is 6.92 Å². The first-order valence-electron chi connectivity index (χ1n) is 3.29. The maximum atomic E-state index is 12.4. The molecular formula is C7H13F2. The van der Waals surface area contributed by atoms with Gasteiger partial charge in [-0.05, 0) is 12.8 Å². The van der Waals surface area contributed by atoms with E-state index in [-0.39, 0.29) is 6.42 Å². The third-order valence-corrected chi connectivity index (χ3v) is 1.23. The predicted molar refractivity (Wildman–Crippen MR) is 34.7 cm³/mol. The minimum Gasteiger partial charge on any atom is -0.244 e. The van der Waals surface area contributed by atoms with Gasteiger partial charge < -0.3 is 0 Å². The normalized spacial score (nSPS) is 17.3. The highest BCUT2D eigenvalue weighted by Crippen LogP contribution is 2.12. The zero-order valence-corrected chi connectivity index (χ0v) is 5.74. The van der Waals surface area contributed by atoms with E-state index in [1.165, 1.54) is 0 Å². The minimum absolute atomic E-state index is 0.0428. The number of rotatable bonds is 4. The van der Waals surface area contributed by atoms with Crippen molar-refractivity contribution in [3.8, 4) is 0 Å². The van der Waals surface area contributed by atoms with E-state index in [4.69, 9.17) is 0 Å². The molecule has 0 nitrogen and oxygen atoms in total. The summed E-state index contributed by atoms with van der Waals surface area (Å²) in [5.74, 6) is 0. The molecule has 2 atom stereocenters. The average Bonchev–Trinajstić information content (AvgIpc) is 1.87. The molecule has 2 heteroatoms. The highest BCUT2D eigenvalue weighted by Gasteiger charge is 2.16. The van der Waals surface area contributed by atoms with Crippen LogP contribution in [0.4, 0.5) is 8.78 Å². The second kappa shape index (κ2) is 4.71. The van der Waals surface area contributed by atoms with Gasteiger partial charge in [-0.3, -0.25) is 0 Å². The molecule has 0 aromatic heterocycles. The molecule has 0 bridgehead atoms. The molecule has 1 radical (unpaired) electrons. The summed E-state index contributed by atoms with van der Waals surface area (Å²) in [7, 11) is 0. The third kappa shape index (κ3) is 3.44. The first-order valence-corrected chi connectivity index (χ1v) is 3.29. The monoisotopic (exact) mass is 135 g/mol. The van der Waals surface area contributed by atoms with E-state index >= 15 is 0 Å². The molecule has 0 heterocycles. The lowest BCUT2D eigenvalue weighted by atomic mass is 10.1. The summed E-state index contributed by atoms with van der Waals surface area (Å²) in [6, 6.07) is 0. The van der Waals surface area contributed by atoms with E-state index in [1.54, 1.807) is 0 Å². The summed E-state index contributed by atoms with van der Waals surface area (Å²) in [6.45, 7) is 5.11. The van der Waals surface area contributed by atoms with Crippen LogP contribution in [0.15, 0.2) is 0 Å². The van der Waals surface area contributed by atoms with Crippen molar-refractivity contribution < 1.29 is 8.78 Å². The Hall–Kier alpha value is -0.140. The molecule has 0 spiro atoms. The van der Waals surface area contributed by atoms with Crippen molar-refractivity contribution in [2.24, 2.45) is 0 Å². The van der Waals surface area contributed by atoms with Crippen molar-refractivity contribution in [3.05, 3.63) is 6.92 Å². The number of alkyl halides is 2. The molecular weight excluding hydrogens is 122 g/mol. The van der Waals surface area contributed by atoms with Crippen LogP contribution in [-0.4, -0.2) is 12.3 Å². The van der Waals surface area contributed by atoms with Crippen molar-refractivity contribution in [1.82, 2.24) is 0 Å². The van der Waals surface area contributed by atoms with Gasteiger partial charge in [-0.15, -0.1) is 0 Å². The molecule has 1 unspecified atom stereocenters. The second-order valence-corrected chi connectivity index (χ2v) is 2.11. The van der Waals surface area contributed by atoms with Crippen molar-refractivity contribution in [3.63, 3.8) is 0 Å². The quantitative estimate of drug-likeness (QED) is 0.556. The fourth-order valence-electron chi connectivity index (χ4n) is 0.637. The minimum atomic E-state index is -1.36. The fourth-order valence-corrected chi connectivity index (χ4v) is 0.637. The molecule has 0 aromatic rings. The Morgan fingerprint density at radius 1 is 1.33 bits per heavy atom. The van der Waals surface area contributed by atoms with E-state index in [0.29, 0.717) is 12.8 Å². The lowest BCUT2D eigenvalue weighted by Gasteiger charge is -2.08. The zero-order valence-electron chi connectivity index (χ0n) is 5.74. The fraction of sp³-hybridized carbons (Fsp3) is 0.857. The summed E-state index contributed by atoms with van der Waals surface area (Å²) in [5.41, 5.74) is 0. The van der Waals surface area contributed by atoms with Crippen molar-refractivity contribution in [1.29, 1.82) is 0 Å². The van der Waals surface area contributed by atoms with Crippen LogP contribution in [0.25, 0.3) is 0 Å². The van der Waals surface area contributed by atoms with Crippen LogP contribution in [0.2, 0.25) is 0 Å². The van der Waals surface area contributed by atoms with Crippen LogP contribution in [0.3, 0.4) is 0 Å². The van der Waals surface area contributed by atoms with Gasteiger partial charge in [0.05, 0.1) is 0 Å². The maximum absolute atomic E-state index is 12.4. The Labute approximate surface area is 55.3 Å². The molecule has 0 rings (SSSR count). The Morgan fingerprint density at radius 3 is 2.22 bits per heavy atom. The molecule has 0 aliphatic rings. The smallest absolute Gasteiger partial charge is 0.131 e. The first-order chi connectivity index (χ1) is 4.22. The molecule has 0 saturated heterocycles. The maximum Gasteiger partial charge on any atom is 0.131 e. The third-order valence-electron chi connectivity index (χ3n) is 1.23. The second-order valence-electron chi connectivity index (χ2n) is 2.11. The lowest BCUT2D eigenvalue weighted by molar-refractivity contribution is 0.158. The van der Waals surface area contributed by atoms with Gasteiger partial charge in [0.1, 0.15) is 12.3 Å². The molecule has 0 amide bonds. The Balaban J connectivity index is 3.32. The number of halogens is 2. The van der Waals surface area contributed by atoms with E-state index in [1.807, 2.05) is 6.92 Å². The molecule has 0 saturated carbocycles. The largest absolute Gasteiger partial charge is 0.244 e. The van der Waals surface area contributed by atoms with Crippen LogP contribution in [0.5, 0.6) is 0 Å². The Morgan fingerprint density at radius 2 is 1.89 bits per heavy atom. The van der Waals surface area contributed by atoms with Gasteiger partial charge >= 0.3 is 0 Å². The van der Waals surface area contributed by atoms with Gasteiger partial charge in [-0.1, -0.05) is 20.3 Å². The summed E-state index contributed by atoms with van der Waals surface area (Å²) in [5, 5.41) is 0. The van der Waals surface area contributed by atoms with Crippen molar-refractivity contribution >= 4 is 0 Å². The molecule has 0 aliphatic heterocycles. The zero-order chi connectivity index (χ0) is 7.28. The first kappa shape index (κ1) is 8.86. The van der Waals surface area contributed by atoms with E-state index in [2.05, 4.69) is 6.92 Å². The molecule has 0 aromatic carbocycles. The molecule has 9 heavy (non-hydrogen) atoms. The summed E-state index contributed by atoms with van der Waals surface area (Å²) in [4.78, 5) is 0. The number of hydrogen-bond acceptors (Lipinski definition) is 0. The van der Waals surface area contributed by atoms with Crippen LogP contribution >= 0.6 is 0 Å². The standard InChI is InChI=1S/C7H13F2/c1-3-5-7(9)6(8)4-2/h6-7H,2-5H2,1H3/t6?,7-/m0/s1. The highest BCUT2D eigenvalue weighted by atomic mass is 19.2. The molecule has 0 N–H and O–H groups in total. The van der Waals surface area contributed by atoms with Crippen LogP contribution in [0.1, 0.15) is 26.2 Å². The number of hydrogen-bond donors (Lipinski definition) is 0. The molecule has 0 aliphatic carbocycles. The summed E-state index contributed by atoms with van der Waals surface area (Å²) < 4.78 is 24.7. The van der Waals surface area contributed by atoms with Gasteiger partial charge in [-0.2, -0.15) is 0 Å². The van der Waals surface area contributed by atoms with Crippen molar-refractivity contribution in [2.45, 2.75) is 38.5 Å². The van der Waals surface area contributed by atoms with Crippen LogP contribution in [-0.2, 0) is 0 Å². The SMILES string of the molecule is [CH2]CC(F)[C@@H](F)CCC. The van der Waals surface area contributed by atoms with Gasteiger partial charge in [0.25, 0.3) is 0 Å². The van der Waals surface area contributed by atoms with E-state index in [9.17, 15) is 8.78 Å². The highest BCUT2D eigenvalue weighted by molar-refractivity contribution is 4.67. The van der Waals surface area contributed by atoms with E-state index in [0.717, 1.165) is 0 Å². The van der Waals surface area contributed by atoms with Crippen molar-refractivity contribution in [2.75, 3.05) is 0 Å². The lowest BCUT2D eigenvalue weighted by Crippen LogP contribution is -2.15.